The summed E-state index contributed by atoms with van der Waals surface area (Å²) in [6.07, 6.45) is 0.533. The van der Waals surface area contributed by atoms with Gasteiger partial charge in [-0.1, -0.05) is 84.9 Å². The van der Waals surface area contributed by atoms with E-state index in [1.807, 2.05) is 30.3 Å². The molecule has 142 valence electrons. The number of carbonyl (C=O) groups is 1. The highest BCUT2D eigenvalue weighted by Crippen LogP contribution is 2.35. The molecular weight excluding hydrogens is 356 g/mol. The number of hydrogen-bond acceptors (Lipinski definition) is 2. The maximum atomic E-state index is 12.6. The van der Waals surface area contributed by atoms with Crippen molar-refractivity contribution < 1.29 is 4.79 Å². The summed E-state index contributed by atoms with van der Waals surface area (Å²) in [5.74, 6) is -0.125. The lowest BCUT2D eigenvalue weighted by Crippen LogP contribution is -2.41. The number of hydrogen-bond donors (Lipinski definition) is 2. The molecular formula is C26H22N2O. The highest BCUT2D eigenvalue weighted by molar-refractivity contribution is 6.23. The Morgan fingerprint density at radius 1 is 0.759 bits per heavy atom. The van der Waals surface area contributed by atoms with Crippen molar-refractivity contribution in [3.8, 4) is 0 Å². The van der Waals surface area contributed by atoms with E-state index < -0.39 is 6.04 Å². The predicted molar refractivity (Wildman–Crippen MR) is 120 cm³/mol. The van der Waals surface area contributed by atoms with Gasteiger partial charge in [0.25, 0.3) is 0 Å². The molecule has 5 aromatic carbocycles. The van der Waals surface area contributed by atoms with Crippen LogP contribution in [0.4, 0.5) is 0 Å². The minimum atomic E-state index is -0.558. The molecule has 0 saturated heterocycles. The maximum Gasteiger partial charge on any atom is 0.237 e. The Labute approximate surface area is 169 Å². The third kappa shape index (κ3) is 3.20. The summed E-state index contributed by atoms with van der Waals surface area (Å²) in [6.45, 7) is 0.468. The third-order valence-corrected chi connectivity index (χ3v) is 5.71. The quantitative estimate of drug-likeness (QED) is 0.433. The van der Waals surface area contributed by atoms with Crippen molar-refractivity contribution in [2.75, 3.05) is 0 Å². The first kappa shape index (κ1) is 17.7. The standard InChI is InChI=1S/C26H22N2O/c27-23(15-17-5-2-1-3-6-17)26(29)28-16-21-12-11-20-10-9-18-7-4-8-19-13-14-22(21)25(20)24(18)19/h1-14,23H,15-16,27H2,(H,28,29)/t23-/m0/s1. The molecule has 0 aliphatic carbocycles. The van der Waals surface area contributed by atoms with Crippen LogP contribution < -0.4 is 11.1 Å². The average Bonchev–Trinajstić information content (AvgIpc) is 2.77. The Kier molecular flexibility index (Phi) is 4.38. The second kappa shape index (κ2) is 7.19. The summed E-state index contributed by atoms with van der Waals surface area (Å²) >= 11 is 0. The summed E-state index contributed by atoms with van der Waals surface area (Å²) < 4.78 is 0. The van der Waals surface area contributed by atoms with Crippen LogP contribution in [0.1, 0.15) is 11.1 Å². The zero-order valence-corrected chi connectivity index (χ0v) is 16.1. The summed E-state index contributed by atoms with van der Waals surface area (Å²) in [5, 5.41) is 10.5. The number of carbonyl (C=O) groups excluding carboxylic acids is 1. The van der Waals surface area contributed by atoms with E-state index in [1.54, 1.807) is 0 Å². The van der Waals surface area contributed by atoms with Crippen molar-refractivity contribution in [2.24, 2.45) is 5.73 Å². The van der Waals surface area contributed by atoms with Crippen molar-refractivity contribution in [1.82, 2.24) is 5.32 Å². The number of benzene rings is 5. The fraction of sp³-hybridized carbons (Fsp3) is 0.115. The van der Waals surface area contributed by atoms with Gasteiger partial charge in [-0.15, -0.1) is 0 Å². The summed E-state index contributed by atoms with van der Waals surface area (Å²) in [6, 6.07) is 28.6. The van der Waals surface area contributed by atoms with Gasteiger partial charge in [-0.2, -0.15) is 0 Å². The Balaban J connectivity index is 1.42. The van der Waals surface area contributed by atoms with Gasteiger partial charge in [-0.3, -0.25) is 4.79 Å². The fourth-order valence-corrected chi connectivity index (χ4v) is 4.22. The topological polar surface area (TPSA) is 55.1 Å². The van der Waals surface area contributed by atoms with Crippen LogP contribution in [0.25, 0.3) is 32.3 Å². The van der Waals surface area contributed by atoms with Gasteiger partial charge < -0.3 is 11.1 Å². The maximum absolute atomic E-state index is 12.6. The fourth-order valence-electron chi connectivity index (χ4n) is 4.22. The molecule has 29 heavy (non-hydrogen) atoms. The second-order valence-electron chi connectivity index (χ2n) is 7.59. The molecule has 0 bridgehead atoms. The number of rotatable bonds is 5. The Morgan fingerprint density at radius 3 is 2.17 bits per heavy atom. The highest BCUT2D eigenvalue weighted by atomic mass is 16.2. The molecule has 5 rings (SSSR count). The van der Waals surface area contributed by atoms with Crippen LogP contribution in [-0.2, 0) is 17.8 Å². The van der Waals surface area contributed by atoms with Crippen molar-refractivity contribution >= 4 is 38.2 Å². The number of amides is 1. The highest BCUT2D eigenvalue weighted by Gasteiger charge is 2.15. The van der Waals surface area contributed by atoms with E-state index in [0.29, 0.717) is 13.0 Å². The average molecular weight is 378 g/mol. The van der Waals surface area contributed by atoms with E-state index in [9.17, 15) is 4.79 Å². The molecule has 5 aromatic rings. The molecule has 1 atom stereocenters. The number of nitrogens with one attached hydrogen (secondary N) is 1. The van der Waals surface area contributed by atoms with Gasteiger partial charge in [0.2, 0.25) is 5.91 Å². The van der Waals surface area contributed by atoms with Gasteiger partial charge in [0, 0.05) is 6.54 Å². The Hall–Kier alpha value is -3.43. The van der Waals surface area contributed by atoms with E-state index in [4.69, 9.17) is 5.73 Å². The third-order valence-electron chi connectivity index (χ3n) is 5.71. The molecule has 0 heterocycles. The Bertz CT molecular complexity index is 1290. The molecule has 1 amide bonds. The summed E-state index contributed by atoms with van der Waals surface area (Å²) in [5.41, 5.74) is 8.31. The van der Waals surface area contributed by atoms with Crippen molar-refractivity contribution in [1.29, 1.82) is 0 Å². The monoisotopic (exact) mass is 378 g/mol. The molecule has 3 N–H and O–H groups in total. The lowest BCUT2D eigenvalue weighted by molar-refractivity contribution is -0.122. The first-order valence-corrected chi connectivity index (χ1v) is 9.93. The van der Waals surface area contributed by atoms with E-state index >= 15 is 0 Å². The van der Waals surface area contributed by atoms with Crippen LogP contribution in [0.5, 0.6) is 0 Å². The number of nitrogens with two attached hydrogens (primary N) is 1. The van der Waals surface area contributed by atoms with E-state index in [2.05, 4.69) is 59.9 Å². The molecule has 3 nitrogen and oxygen atoms in total. The molecule has 0 unspecified atom stereocenters. The smallest absolute Gasteiger partial charge is 0.237 e. The van der Waals surface area contributed by atoms with Gasteiger partial charge in [0.1, 0.15) is 0 Å². The molecule has 0 spiro atoms. The van der Waals surface area contributed by atoms with Crippen molar-refractivity contribution in [3.63, 3.8) is 0 Å². The van der Waals surface area contributed by atoms with E-state index in [1.165, 1.54) is 32.3 Å². The lowest BCUT2D eigenvalue weighted by Gasteiger charge is -2.16. The second-order valence-corrected chi connectivity index (χ2v) is 7.59. The molecule has 0 aliphatic heterocycles. The predicted octanol–water partition coefficient (Wildman–Crippen LogP) is 4.77. The van der Waals surface area contributed by atoms with Crippen molar-refractivity contribution in [3.05, 3.63) is 96.1 Å². The lowest BCUT2D eigenvalue weighted by atomic mass is 9.92. The first-order valence-electron chi connectivity index (χ1n) is 9.93. The normalized spacial score (nSPS) is 12.6. The molecule has 0 saturated carbocycles. The van der Waals surface area contributed by atoms with E-state index in [-0.39, 0.29) is 5.91 Å². The van der Waals surface area contributed by atoms with Gasteiger partial charge >= 0.3 is 0 Å². The van der Waals surface area contributed by atoms with Crippen LogP contribution in [0.2, 0.25) is 0 Å². The molecule has 3 heteroatoms. The molecule has 0 aliphatic rings. The Morgan fingerprint density at radius 2 is 1.41 bits per heavy atom. The first-order chi connectivity index (χ1) is 14.2. The van der Waals surface area contributed by atoms with Crippen molar-refractivity contribution in [2.45, 2.75) is 19.0 Å². The zero-order valence-electron chi connectivity index (χ0n) is 16.1. The van der Waals surface area contributed by atoms with Gasteiger partial charge in [0.05, 0.1) is 6.04 Å². The van der Waals surface area contributed by atoms with Crippen LogP contribution in [0, 0.1) is 0 Å². The van der Waals surface area contributed by atoms with Gasteiger partial charge in [0.15, 0.2) is 0 Å². The minimum absolute atomic E-state index is 0.125. The van der Waals surface area contributed by atoms with Crippen LogP contribution >= 0.6 is 0 Å². The molecule has 0 aromatic heterocycles. The SMILES string of the molecule is N[C@@H](Cc1ccccc1)C(=O)NCc1ccc2ccc3cccc4ccc1c2c34. The van der Waals surface area contributed by atoms with Gasteiger partial charge in [-0.25, -0.2) is 0 Å². The molecule has 0 fully saturated rings. The van der Waals surface area contributed by atoms with Crippen LogP contribution in [-0.4, -0.2) is 11.9 Å². The van der Waals surface area contributed by atoms with Crippen LogP contribution in [0.15, 0.2) is 84.9 Å². The summed E-state index contributed by atoms with van der Waals surface area (Å²) in [4.78, 5) is 12.6. The minimum Gasteiger partial charge on any atom is -0.351 e. The summed E-state index contributed by atoms with van der Waals surface area (Å²) in [7, 11) is 0. The van der Waals surface area contributed by atoms with Crippen LogP contribution in [0.3, 0.4) is 0 Å². The zero-order chi connectivity index (χ0) is 19.8. The molecule has 0 radical (unpaired) electrons. The van der Waals surface area contributed by atoms with E-state index in [0.717, 1.165) is 11.1 Å². The van der Waals surface area contributed by atoms with Gasteiger partial charge in [-0.05, 0) is 49.9 Å². The largest absolute Gasteiger partial charge is 0.351 e.